The summed E-state index contributed by atoms with van der Waals surface area (Å²) < 4.78 is 4.38. The Morgan fingerprint density at radius 1 is 1.23 bits per heavy atom. The van der Waals surface area contributed by atoms with Crippen molar-refractivity contribution in [1.82, 2.24) is 5.32 Å². The van der Waals surface area contributed by atoms with E-state index in [0.717, 1.165) is 18.4 Å². The highest BCUT2D eigenvalue weighted by Crippen LogP contribution is 2.08. The number of alkyl carbamates (subject to hydrolysis) is 1. The maximum atomic E-state index is 11.2. The van der Waals surface area contributed by atoms with E-state index < -0.39 is 18.1 Å². The molecule has 2 rings (SSSR count). The Kier molecular flexibility index (Phi) is 6.38. The molecule has 1 heterocycles. The van der Waals surface area contributed by atoms with Crippen molar-refractivity contribution in [1.29, 1.82) is 0 Å². The van der Waals surface area contributed by atoms with Crippen LogP contribution in [0.15, 0.2) is 35.3 Å². The van der Waals surface area contributed by atoms with Crippen LogP contribution in [0.4, 0.5) is 4.79 Å². The van der Waals surface area contributed by atoms with E-state index in [0.29, 0.717) is 19.6 Å². The molecule has 0 saturated carbocycles. The molecule has 1 saturated heterocycles. The second kappa shape index (κ2) is 8.78. The molecule has 1 atom stereocenters. The molecule has 0 spiro atoms. The normalized spacial score (nSPS) is 17.5. The molecule has 1 aromatic rings. The van der Waals surface area contributed by atoms with E-state index in [4.69, 9.17) is 9.78 Å². The Balaban J connectivity index is 1.47. The molecule has 1 aliphatic rings. The van der Waals surface area contributed by atoms with Crippen LogP contribution in [0.1, 0.15) is 24.8 Å². The summed E-state index contributed by atoms with van der Waals surface area (Å²) in [6.45, 7) is 0.917. The predicted octanol–water partition coefficient (Wildman–Crippen LogP) is 1.97. The third-order valence-electron chi connectivity index (χ3n) is 3.05. The molecule has 7 heteroatoms. The third kappa shape index (κ3) is 5.53. The number of rotatable bonds is 9. The number of nitrogens with zero attached hydrogens (tertiary/aromatic N) is 1. The van der Waals surface area contributed by atoms with E-state index in [9.17, 15) is 9.59 Å². The van der Waals surface area contributed by atoms with Crippen molar-refractivity contribution in [3.05, 3.63) is 35.9 Å². The number of nitrogens with one attached hydrogen (secondary N) is 1. The topological polar surface area (TPSA) is 86.2 Å². The van der Waals surface area contributed by atoms with Gasteiger partial charge in [-0.2, -0.15) is 4.89 Å². The maximum Gasteiger partial charge on any atom is 0.415 e. The fourth-order valence-corrected chi connectivity index (χ4v) is 1.92. The highest BCUT2D eigenvalue weighted by Gasteiger charge is 2.31. The number of aliphatic imine (C=N–C) groups is 1. The van der Waals surface area contributed by atoms with Crippen molar-refractivity contribution in [2.24, 2.45) is 4.99 Å². The fourth-order valence-electron chi connectivity index (χ4n) is 1.92. The van der Waals surface area contributed by atoms with Crippen LogP contribution in [-0.2, 0) is 25.9 Å². The van der Waals surface area contributed by atoms with Gasteiger partial charge in [-0.1, -0.05) is 30.3 Å². The molecule has 1 fully saturated rings. The summed E-state index contributed by atoms with van der Waals surface area (Å²) in [5.41, 5.74) is 1.02. The van der Waals surface area contributed by atoms with Gasteiger partial charge in [0.05, 0.1) is 0 Å². The van der Waals surface area contributed by atoms with Gasteiger partial charge >= 0.3 is 12.1 Å². The summed E-state index contributed by atoms with van der Waals surface area (Å²) in [5.74, 6) is -0.508. The quantitative estimate of drug-likeness (QED) is 0.143. The van der Waals surface area contributed by atoms with Crippen molar-refractivity contribution in [2.45, 2.75) is 31.9 Å². The summed E-state index contributed by atoms with van der Waals surface area (Å²) >= 11 is 0. The Morgan fingerprint density at radius 3 is 2.77 bits per heavy atom. The number of carbonyl (C=O) groups excluding carboxylic acids is 2. The molecule has 7 nitrogen and oxygen atoms in total. The maximum absolute atomic E-state index is 11.2. The second-order valence-electron chi connectivity index (χ2n) is 4.76. The number of ether oxygens (including phenoxy) is 1. The van der Waals surface area contributed by atoms with E-state index >= 15 is 0 Å². The zero-order valence-corrected chi connectivity index (χ0v) is 12.1. The van der Waals surface area contributed by atoms with Crippen LogP contribution in [0.2, 0.25) is 0 Å². The molecule has 0 bridgehead atoms. The lowest BCUT2D eigenvalue weighted by Gasteiger charge is -2.03. The van der Waals surface area contributed by atoms with E-state index in [1.54, 1.807) is 0 Å². The van der Waals surface area contributed by atoms with E-state index in [2.05, 4.69) is 15.0 Å². The van der Waals surface area contributed by atoms with Gasteiger partial charge in [-0.05, 0) is 24.8 Å². The fraction of sp³-hybridized carbons (Fsp3) is 0.400. The van der Waals surface area contributed by atoms with Gasteiger partial charge in [0.15, 0.2) is 0 Å². The molecule has 1 aromatic carbocycles. The molecule has 1 amide bonds. The molecule has 118 valence electrons. The van der Waals surface area contributed by atoms with E-state index in [1.165, 1.54) is 6.40 Å². The minimum atomic E-state index is -0.669. The van der Waals surface area contributed by atoms with Gasteiger partial charge in [0, 0.05) is 6.54 Å². The average Bonchev–Trinajstić information content (AvgIpc) is 2.84. The molecule has 0 aliphatic carbocycles. The number of hydrogen-bond acceptors (Lipinski definition) is 6. The highest BCUT2D eigenvalue weighted by atomic mass is 17.2. The molecular formula is C15H18N2O5. The van der Waals surface area contributed by atoms with Gasteiger partial charge in [-0.25, -0.2) is 9.59 Å². The van der Waals surface area contributed by atoms with Crippen LogP contribution < -0.4 is 5.32 Å². The van der Waals surface area contributed by atoms with Crippen molar-refractivity contribution in [3.8, 4) is 0 Å². The number of amides is 1. The first-order valence-electron chi connectivity index (χ1n) is 7.08. The lowest BCUT2D eigenvalue weighted by molar-refractivity contribution is -0.227. The summed E-state index contributed by atoms with van der Waals surface area (Å²) in [7, 11) is 0. The number of cyclic esters (lactones) is 2. The largest absolute Gasteiger partial charge is 0.415 e. The first-order chi connectivity index (χ1) is 10.8. The zero-order valence-electron chi connectivity index (χ0n) is 12.1. The molecule has 1 N–H and O–H groups in total. The van der Waals surface area contributed by atoms with E-state index in [-0.39, 0.29) is 0 Å². The van der Waals surface area contributed by atoms with Crippen molar-refractivity contribution >= 4 is 18.5 Å². The van der Waals surface area contributed by atoms with Gasteiger partial charge in [0.1, 0.15) is 12.6 Å². The minimum Gasteiger partial charge on any atom is -0.375 e. The first-order valence-corrected chi connectivity index (χ1v) is 7.08. The minimum absolute atomic E-state index is 0.357. The van der Waals surface area contributed by atoms with Crippen LogP contribution in [0.25, 0.3) is 0 Å². The molecule has 0 aromatic heterocycles. The average molecular weight is 306 g/mol. The number of unbranched alkanes of at least 4 members (excludes halogenated alkanes) is 1. The zero-order chi connectivity index (χ0) is 15.6. The Hall–Kier alpha value is -2.41. The first kappa shape index (κ1) is 16.0. The van der Waals surface area contributed by atoms with E-state index in [1.807, 2.05) is 30.3 Å². The number of benzene rings is 1. The Morgan fingerprint density at radius 2 is 2.05 bits per heavy atom. The number of esters is 1. The molecule has 1 aliphatic heterocycles. The summed E-state index contributed by atoms with van der Waals surface area (Å²) in [4.78, 5) is 35.8. The van der Waals surface area contributed by atoms with Crippen LogP contribution in [0.5, 0.6) is 0 Å². The molecular weight excluding hydrogens is 288 g/mol. The van der Waals surface area contributed by atoms with Crippen LogP contribution in [0.3, 0.4) is 0 Å². The Labute approximate surface area is 128 Å². The molecule has 22 heavy (non-hydrogen) atoms. The van der Waals surface area contributed by atoms with Gasteiger partial charge in [-0.3, -0.25) is 4.99 Å². The van der Waals surface area contributed by atoms with Gasteiger partial charge < -0.3 is 14.9 Å². The van der Waals surface area contributed by atoms with Crippen molar-refractivity contribution in [3.63, 3.8) is 0 Å². The number of hydrogen-bond donors (Lipinski definition) is 1. The summed E-state index contributed by atoms with van der Waals surface area (Å²) in [5, 5.41) is 2.44. The van der Waals surface area contributed by atoms with Crippen LogP contribution >= 0.6 is 0 Å². The second-order valence-corrected chi connectivity index (χ2v) is 4.76. The SMILES string of the molecule is O=C1NC(CCCCN=COOCc2ccccc2)C(=O)O1. The van der Waals surface area contributed by atoms with Crippen LogP contribution in [0, 0.1) is 0 Å². The Bertz CT molecular complexity index is 518. The smallest absolute Gasteiger partial charge is 0.375 e. The van der Waals surface area contributed by atoms with Crippen molar-refractivity contribution in [2.75, 3.05) is 6.54 Å². The summed E-state index contributed by atoms with van der Waals surface area (Å²) in [6.07, 6.45) is 2.66. The van der Waals surface area contributed by atoms with Gasteiger partial charge in [0.2, 0.25) is 6.40 Å². The lowest BCUT2D eigenvalue weighted by Crippen LogP contribution is -2.28. The lowest BCUT2D eigenvalue weighted by atomic mass is 10.1. The summed E-state index contributed by atoms with van der Waals surface area (Å²) in [6, 6.07) is 9.13. The third-order valence-corrected chi connectivity index (χ3v) is 3.05. The van der Waals surface area contributed by atoms with Gasteiger partial charge in [-0.15, -0.1) is 0 Å². The molecule has 1 unspecified atom stereocenters. The van der Waals surface area contributed by atoms with Gasteiger partial charge in [0.25, 0.3) is 0 Å². The standard InChI is InChI=1S/C15H18N2O5/c18-14-13(17-15(19)22-14)8-4-5-9-16-11-21-20-10-12-6-2-1-3-7-12/h1-3,6-7,11,13H,4-5,8-10H2,(H,17,19). The highest BCUT2D eigenvalue weighted by molar-refractivity contribution is 5.95. The molecule has 0 radical (unpaired) electrons. The predicted molar refractivity (Wildman–Crippen MR) is 77.9 cm³/mol. The van der Waals surface area contributed by atoms with Crippen LogP contribution in [-0.4, -0.2) is 31.0 Å². The number of carbonyl (C=O) groups is 2. The van der Waals surface area contributed by atoms with Crippen molar-refractivity contribution < 1.29 is 24.1 Å². The monoisotopic (exact) mass is 306 g/mol.